The summed E-state index contributed by atoms with van der Waals surface area (Å²) in [6.45, 7) is 5.31. The second-order valence-corrected chi connectivity index (χ2v) is 7.73. The minimum absolute atomic E-state index is 0.107. The zero-order valence-corrected chi connectivity index (χ0v) is 16.5. The number of nitrogens with zero attached hydrogens (tertiary/aromatic N) is 4. The normalized spacial score (nSPS) is 17.0. The quantitative estimate of drug-likeness (QED) is 0.803. The highest BCUT2D eigenvalue weighted by Gasteiger charge is 2.28. The fourth-order valence-electron chi connectivity index (χ4n) is 3.73. The molecule has 1 fully saturated rings. The molecule has 1 aromatic carbocycles. The Hall–Kier alpha value is -2.38. The predicted molar refractivity (Wildman–Crippen MR) is 106 cm³/mol. The SMILES string of the molecule is O=C(NCCN1CCCC1)c1cc2n(n1)CCN(Cc1ccc(Cl)cc1)C2=O. The van der Waals surface area contributed by atoms with Crippen LogP contribution >= 0.6 is 11.6 Å². The molecule has 1 N–H and O–H groups in total. The van der Waals surface area contributed by atoms with Gasteiger partial charge in [0.2, 0.25) is 0 Å². The van der Waals surface area contributed by atoms with Gasteiger partial charge in [-0.15, -0.1) is 0 Å². The molecule has 0 atom stereocenters. The Labute approximate surface area is 169 Å². The summed E-state index contributed by atoms with van der Waals surface area (Å²) >= 11 is 5.92. The van der Waals surface area contributed by atoms with Gasteiger partial charge in [-0.1, -0.05) is 23.7 Å². The summed E-state index contributed by atoms with van der Waals surface area (Å²) < 4.78 is 1.63. The molecule has 2 aromatic rings. The van der Waals surface area contributed by atoms with Crippen molar-refractivity contribution in [2.75, 3.05) is 32.7 Å². The van der Waals surface area contributed by atoms with Gasteiger partial charge in [-0.3, -0.25) is 14.3 Å². The Bertz CT molecular complexity index is 858. The molecule has 0 unspecified atom stereocenters. The Morgan fingerprint density at radius 3 is 2.61 bits per heavy atom. The van der Waals surface area contributed by atoms with Gasteiger partial charge in [0.1, 0.15) is 5.69 Å². The molecule has 8 heteroatoms. The highest BCUT2D eigenvalue weighted by atomic mass is 35.5. The van der Waals surface area contributed by atoms with Gasteiger partial charge in [-0.2, -0.15) is 5.10 Å². The molecule has 1 aromatic heterocycles. The molecule has 0 radical (unpaired) electrons. The third-order valence-corrected chi connectivity index (χ3v) is 5.55. The van der Waals surface area contributed by atoms with Crippen molar-refractivity contribution < 1.29 is 9.59 Å². The van der Waals surface area contributed by atoms with Crippen LogP contribution in [0, 0.1) is 0 Å². The molecular weight excluding hydrogens is 378 g/mol. The summed E-state index contributed by atoms with van der Waals surface area (Å²) in [5.41, 5.74) is 1.79. The molecule has 148 valence electrons. The lowest BCUT2D eigenvalue weighted by molar-refractivity contribution is 0.0683. The van der Waals surface area contributed by atoms with Crippen LogP contribution in [-0.2, 0) is 13.1 Å². The van der Waals surface area contributed by atoms with E-state index in [1.54, 1.807) is 15.6 Å². The maximum Gasteiger partial charge on any atom is 0.272 e. The van der Waals surface area contributed by atoms with E-state index in [-0.39, 0.29) is 11.8 Å². The molecule has 0 saturated carbocycles. The van der Waals surface area contributed by atoms with Crippen LogP contribution in [0.15, 0.2) is 30.3 Å². The zero-order chi connectivity index (χ0) is 19.5. The first-order valence-corrected chi connectivity index (χ1v) is 10.1. The third-order valence-electron chi connectivity index (χ3n) is 5.30. The highest BCUT2D eigenvalue weighted by Crippen LogP contribution is 2.18. The molecule has 0 aliphatic carbocycles. The van der Waals surface area contributed by atoms with Crippen LogP contribution in [0.4, 0.5) is 0 Å². The van der Waals surface area contributed by atoms with Gasteiger partial charge in [0.05, 0.1) is 6.54 Å². The van der Waals surface area contributed by atoms with Gasteiger partial charge in [-0.05, 0) is 43.6 Å². The Balaban J connectivity index is 1.37. The van der Waals surface area contributed by atoms with Gasteiger partial charge in [0.25, 0.3) is 11.8 Å². The molecule has 2 aliphatic rings. The van der Waals surface area contributed by atoms with Gasteiger partial charge in [-0.25, -0.2) is 0 Å². The maximum atomic E-state index is 12.8. The predicted octanol–water partition coefficient (Wildman–Crippen LogP) is 2.02. The number of aromatic nitrogens is 2. The van der Waals surface area contributed by atoms with E-state index in [9.17, 15) is 9.59 Å². The van der Waals surface area contributed by atoms with Crippen molar-refractivity contribution >= 4 is 23.4 Å². The number of halogens is 1. The van der Waals surface area contributed by atoms with Gasteiger partial charge in [0.15, 0.2) is 5.69 Å². The number of fused-ring (bicyclic) bond motifs is 1. The van der Waals surface area contributed by atoms with Crippen molar-refractivity contribution in [2.24, 2.45) is 0 Å². The van der Waals surface area contributed by atoms with Crippen LogP contribution in [0.2, 0.25) is 5.02 Å². The second kappa shape index (κ2) is 8.32. The van der Waals surface area contributed by atoms with E-state index >= 15 is 0 Å². The van der Waals surface area contributed by atoms with Crippen molar-refractivity contribution in [3.05, 3.63) is 52.3 Å². The van der Waals surface area contributed by atoms with Crippen molar-refractivity contribution in [3.63, 3.8) is 0 Å². The topological polar surface area (TPSA) is 70.5 Å². The highest BCUT2D eigenvalue weighted by molar-refractivity contribution is 6.30. The number of carbonyl (C=O) groups is 2. The van der Waals surface area contributed by atoms with Crippen molar-refractivity contribution in [3.8, 4) is 0 Å². The standard InChI is InChI=1S/C20H24ClN5O2/c21-16-5-3-15(4-6-16)14-25-11-12-26-18(20(25)28)13-17(23-26)19(27)22-7-10-24-8-1-2-9-24/h3-6,13H,1-2,7-12,14H2,(H,22,27). The van der Waals surface area contributed by atoms with Crippen LogP contribution in [0.25, 0.3) is 0 Å². The van der Waals surface area contributed by atoms with E-state index < -0.39 is 0 Å². The minimum atomic E-state index is -0.224. The van der Waals surface area contributed by atoms with Gasteiger partial charge in [0, 0.05) is 37.3 Å². The Morgan fingerprint density at radius 1 is 1.11 bits per heavy atom. The molecule has 2 aliphatic heterocycles. The lowest BCUT2D eigenvalue weighted by Crippen LogP contribution is -2.39. The van der Waals surface area contributed by atoms with E-state index in [1.807, 2.05) is 24.3 Å². The van der Waals surface area contributed by atoms with Crippen molar-refractivity contribution in [1.82, 2.24) is 24.9 Å². The van der Waals surface area contributed by atoms with Crippen LogP contribution in [-0.4, -0.2) is 64.1 Å². The lowest BCUT2D eigenvalue weighted by Gasteiger charge is -2.27. The summed E-state index contributed by atoms with van der Waals surface area (Å²) in [6.07, 6.45) is 2.46. The van der Waals surface area contributed by atoms with E-state index in [0.717, 1.165) is 25.2 Å². The number of benzene rings is 1. The molecule has 2 amide bonds. The monoisotopic (exact) mass is 401 g/mol. The molecular formula is C20H24ClN5O2. The number of likely N-dealkylation sites (tertiary alicyclic amines) is 1. The van der Waals surface area contributed by atoms with Crippen LogP contribution in [0.5, 0.6) is 0 Å². The molecule has 3 heterocycles. The van der Waals surface area contributed by atoms with Crippen molar-refractivity contribution in [1.29, 1.82) is 0 Å². The number of hydrogen-bond acceptors (Lipinski definition) is 4. The largest absolute Gasteiger partial charge is 0.349 e. The number of amides is 2. The van der Waals surface area contributed by atoms with E-state index in [2.05, 4.69) is 15.3 Å². The van der Waals surface area contributed by atoms with Crippen molar-refractivity contribution in [2.45, 2.75) is 25.9 Å². The van der Waals surface area contributed by atoms with Crippen LogP contribution in [0.3, 0.4) is 0 Å². The Kier molecular flexibility index (Phi) is 5.64. The summed E-state index contributed by atoms with van der Waals surface area (Å²) in [5, 5.41) is 7.92. The molecule has 7 nitrogen and oxygen atoms in total. The molecule has 4 rings (SSSR count). The average molecular weight is 402 g/mol. The molecule has 0 spiro atoms. The van der Waals surface area contributed by atoms with Gasteiger partial charge >= 0.3 is 0 Å². The van der Waals surface area contributed by atoms with E-state index in [0.29, 0.717) is 42.6 Å². The number of hydrogen-bond donors (Lipinski definition) is 1. The second-order valence-electron chi connectivity index (χ2n) is 7.30. The minimum Gasteiger partial charge on any atom is -0.349 e. The number of nitrogens with one attached hydrogen (secondary N) is 1. The van der Waals surface area contributed by atoms with Crippen LogP contribution < -0.4 is 5.32 Å². The first-order valence-electron chi connectivity index (χ1n) is 9.72. The molecule has 28 heavy (non-hydrogen) atoms. The van der Waals surface area contributed by atoms with Gasteiger partial charge < -0.3 is 15.1 Å². The molecule has 1 saturated heterocycles. The smallest absolute Gasteiger partial charge is 0.272 e. The summed E-state index contributed by atoms with van der Waals surface area (Å²) in [6, 6.07) is 9.07. The summed E-state index contributed by atoms with van der Waals surface area (Å²) in [7, 11) is 0. The van der Waals surface area contributed by atoms with E-state index in [4.69, 9.17) is 11.6 Å². The maximum absolute atomic E-state index is 12.8. The third kappa shape index (κ3) is 4.20. The van der Waals surface area contributed by atoms with E-state index in [1.165, 1.54) is 12.8 Å². The average Bonchev–Trinajstić information content (AvgIpc) is 3.36. The first kappa shape index (κ1) is 19.0. The molecule has 0 bridgehead atoms. The fraction of sp³-hybridized carbons (Fsp3) is 0.450. The Morgan fingerprint density at radius 2 is 1.86 bits per heavy atom. The number of carbonyl (C=O) groups excluding carboxylic acids is 2. The first-order chi connectivity index (χ1) is 13.6. The summed E-state index contributed by atoms with van der Waals surface area (Å²) in [4.78, 5) is 29.3. The number of rotatable bonds is 6. The summed E-state index contributed by atoms with van der Waals surface area (Å²) in [5.74, 6) is -0.331. The fourth-order valence-corrected chi connectivity index (χ4v) is 3.86. The lowest BCUT2D eigenvalue weighted by atomic mass is 10.2. The van der Waals surface area contributed by atoms with Crippen LogP contribution in [0.1, 0.15) is 39.4 Å². The zero-order valence-electron chi connectivity index (χ0n) is 15.7.